The van der Waals surface area contributed by atoms with Gasteiger partial charge in [0.2, 0.25) is 5.67 Å². The zero-order chi connectivity index (χ0) is 30.8. The molecule has 0 bridgehead atoms. The van der Waals surface area contributed by atoms with Gasteiger partial charge >= 0.3 is 18.8 Å². The molecule has 3 aromatic rings. The predicted octanol–water partition coefficient (Wildman–Crippen LogP) is 7.07. The molecule has 4 rings (SSSR count). The summed E-state index contributed by atoms with van der Waals surface area (Å²) >= 11 is 0. The Balaban J connectivity index is 0.000000587. The second kappa shape index (κ2) is 12.0. The van der Waals surface area contributed by atoms with Gasteiger partial charge in [-0.1, -0.05) is 18.2 Å². The van der Waals surface area contributed by atoms with Crippen molar-refractivity contribution in [1.82, 2.24) is 0 Å². The third-order valence-corrected chi connectivity index (χ3v) is 7.66. The van der Waals surface area contributed by atoms with Gasteiger partial charge in [0.25, 0.3) is 10.0 Å². The number of alkyl halides is 6. The standard InChI is InChI=1S/C23H17F6NO3S.C4H7FO2/c24-18-9-16(10-19(13-18)33-22(25)26)15-7-6-14-3-2-8-30(21(14)11-15)34(31,32)20-5-1-4-17(12-20)23(27,28)29;1-4(2,5)3(6)7/h1,4-7,9-13,22H,2-3,8H2;1-2H3,(H,6,7). The first kappa shape index (κ1) is 31.7. The van der Waals surface area contributed by atoms with Gasteiger partial charge < -0.3 is 9.84 Å². The van der Waals surface area contributed by atoms with Crippen molar-refractivity contribution in [1.29, 1.82) is 0 Å². The quantitative estimate of drug-likeness (QED) is 0.303. The smallest absolute Gasteiger partial charge is 0.416 e. The third-order valence-electron chi connectivity index (χ3n) is 5.85. The number of anilines is 1. The lowest BCUT2D eigenvalue weighted by atomic mass is 9.97. The lowest BCUT2D eigenvalue weighted by Crippen LogP contribution is -2.35. The van der Waals surface area contributed by atoms with E-state index < -0.39 is 56.5 Å². The Kier molecular flexibility index (Phi) is 9.26. The molecule has 1 N–H and O–H groups in total. The molecule has 0 spiro atoms. The average molecular weight is 608 g/mol. The van der Waals surface area contributed by atoms with E-state index >= 15 is 0 Å². The molecule has 6 nitrogen and oxygen atoms in total. The van der Waals surface area contributed by atoms with E-state index in [4.69, 9.17) is 5.11 Å². The SMILES string of the molecule is CC(C)(F)C(=O)O.O=S(=O)(c1cccc(C(F)(F)F)c1)N1CCCc2ccc(-c3cc(F)cc(OC(F)F)c3)cc21. The van der Waals surface area contributed by atoms with Gasteiger partial charge in [0, 0.05) is 12.6 Å². The number of carbonyl (C=O) groups is 1. The Bertz CT molecular complexity index is 1520. The summed E-state index contributed by atoms with van der Waals surface area (Å²) in [5.74, 6) is -2.66. The van der Waals surface area contributed by atoms with Crippen LogP contribution in [-0.2, 0) is 27.4 Å². The maximum atomic E-state index is 14.0. The summed E-state index contributed by atoms with van der Waals surface area (Å²) in [7, 11) is -4.35. The van der Waals surface area contributed by atoms with Crippen LogP contribution in [0.25, 0.3) is 11.1 Å². The number of aliphatic carboxylic acids is 1. The summed E-state index contributed by atoms with van der Waals surface area (Å²) in [6.45, 7) is -1.14. The topological polar surface area (TPSA) is 83.9 Å². The minimum absolute atomic E-state index is 0.0257. The molecule has 222 valence electrons. The van der Waals surface area contributed by atoms with E-state index in [9.17, 15) is 43.9 Å². The number of nitrogens with zero attached hydrogens (tertiary/aromatic N) is 1. The van der Waals surface area contributed by atoms with Gasteiger partial charge in [0.05, 0.1) is 16.1 Å². The number of carboxylic acid groups (broad SMARTS) is 1. The van der Waals surface area contributed by atoms with Crippen molar-refractivity contribution in [3.05, 3.63) is 77.6 Å². The second-order valence-electron chi connectivity index (χ2n) is 9.38. The summed E-state index contributed by atoms with van der Waals surface area (Å²) < 4.78 is 122. The molecule has 1 aliphatic heterocycles. The molecule has 1 heterocycles. The number of benzene rings is 3. The van der Waals surface area contributed by atoms with Gasteiger partial charge in [-0.05, 0) is 79.8 Å². The molecular formula is C27H24F7NO5S. The van der Waals surface area contributed by atoms with Crippen molar-refractivity contribution in [3.8, 4) is 16.9 Å². The van der Waals surface area contributed by atoms with E-state index in [1.54, 1.807) is 12.1 Å². The van der Waals surface area contributed by atoms with Crippen molar-refractivity contribution in [2.45, 2.75) is 50.0 Å². The monoisotopic (exact) mass is 607 g/mol. The number of ether oxygens (including phenoxy) is 1. The molecule has 0 atom stereocenters. The van der Waals surface area contributed by atoms with Crippen LogP contribution in [0.2, 0.25) is 0 Å². The van der Waals surface area contributed by atoms with Gasteiger partial charge in [-0.15, -0.1) is 0 Å². The van der Waals surface area contributed by atoms with Crippen LogP contribution in [0.1, 0.15) is 31.4 Å². The molecule has 1 aliphatic rings. The number of fused-ring (bicyclic) bond motifs is 1. The van der Waals surface area contributed by atoms with E-state index in [2.05, 4.69) is 4.74 Å². The highest BCUT2D eigenvalue weighted by molar-refractivity contribution is 7.92. The molecule has 0 unspecified atom stereocenters. The summed E-state index contributed by atoms with van der Waals surface area (Å²) in [5.41, 5.74) is -1.83. The lowest BCUT2D eigenvalue weighted by Gasteiger charge is -2.31. The Morgan fingerprint density at radius 3 is 2.22 bits per heavy atom. The van der Waals surface area contributed by atoms with Crippen LogP contribution < -0.4 is 9.04 Å². The van der Waals surface area contributed by atoms with Crippen LogP contribution in [0.5, 0.6) is 5.75 Å². The number of rotatable bonds is 6. The molecule has 0 radical (unpaired) electrons. The summed E-state index contributed by atoms with van der Waals surface area (Å²) in [6.07, 6.45) is -3.75. The molecule has 3 aromatic carbocycles. The van der Waals surface area contributed by atoms with Gasteiger partial charge in [-0.25, -0.2) is 22.0 Å². The Morgan fingerprint density at radius 1 is 0.976 bits per heavy atom. The number of hydrogen-bond acceptors (Lipinski definition) is 4. The molecule has 0 aliphatic carbocycles. The highest BCUT2D eigenvalue weighted by Gasteiger charge is 2.34. The zero-order valence-electron chi connectivity index (χ0n) is 21.6. The van der Waals surface area contributed by atoms with E-state index in [0.717, 1.165) is 48.5 Å². The van der Waals surface area contributed by atoms with Crippen LogP contribution >= 0.6 is 0 Å². The van der Waals surface area contributed by atoms with Crippen molar-refractivity contribution >= 4 is 21.7 Å². The van der Waals surface area contributed by atoms with Crippen molar-refractivity contribution in [3.63, 3.8) is 0 Å². The van der Waals surface area contributed by atoms with E-state index in [0.29, 0.717) is 30.0 Å². The molecule has 0 aromatic heterocycles. The highest BCUT2D eigenvalue weighted by atomic mass is 32.2. The largest absolute Gasteiger partial charge is 0.479 e. The van der Waals surface area contributed by atoms with Gasteiger partial charge in [0.1, 0.15) is 11.6 Å². The Morgan fingerprint density at radius 2 is 1.63 bits per heavy atom. The summed E-state index contributed by atoms with van der Waals surface area (Å²) in [5, 5.41) is 7.88. The molecule has 14 heteroatoms. The Labute approximate surface area is 231 Å². The fourth-order valence-corrected chi connectivity index (χ4v) is 5.41. The van der Waals surface area contributed by atoms with Crippen LogP contribution in [0.3, 0.4) is 0 Å². The van der Waals surface area contributed by atoms with Gasteiger partial charge in [-0.3, -0.25) is 4.31 Å². The van der Waals surface area contributed by atoms with E-state index in [1.807, 2.05) is 0 Å². The predicted molar refractivity (Wildman–Crippen MR) is 136 cm³/mol. The maximum absolute atomic E-state index is 14.0. The average Bonchev–Trinajstić information content (AvgIpc) is 2.86. The first-order valence-corrected chi connectivity index (χ1v) is 13.3. The molecule has 0 fully saturated rings. The summed E-state index contributed by atoms with van der Waals surface area (Å²) in [6, 6.07) is 11.2. The first-order valence-electron chi connectivity index (χ1n) is 11.9. The maximum Gasteiger partial charge on any atom is 0.416 e. The first-order chi connectivity index (χ1) is 18.9. The number of carboxylic acids is 1. The second-order valence-corrected chi connectivity index (χ2v) is 11.2. The van der Waals surface area contributed by atoms with Gasteiger partial charge in [-0.2, -0.15) is 22.0 Å². The fraction of sp³-hybridized carbons (Fsp3) is 0.296. The summed E-state index contributed by atoms with van der Waals surface area (Å²) in [4.78, 5) is 9.13. The number of sulfonamides is 1. The van der Waals surface area contributed by atoms with Crippen molar-refractivity contribution < 1.29 is 53.8 Å². The Hall–Kier alpha value is -3.81. The lowest BCUT2D eigenvalue weighted by molar-refractivity contribution is -0.148. The molecule has 0 saturated carbocycles. The minimum atomic E-state index is -4.71. The number of halogens is 7. The third kappa shape index (κ3) is 7.90. The molecular weight excluding hydrogens is 583 g/mol. The normalized spacial score (nSPS) is 13.8. The zero-order valence-corrected chi connectivity index (χ0v) is 22.4. The number of aryl methyl sites for hydroxylation is 1. The molecule has 0 saturated heterocycles. The van der Waals surface area contributed by atoms with Crippen LogP contribution in [-0.4, -0.2) is 38.3 Å². The minimum Gasteiger partial charge on any atom is -0.479 e. The fourth-order valence-electron chi connectivity index (χ4n) is 3.83. The molecule has 41 heavy (non-hydrogen) atoms. The van der Waals surface area contributed by atoms with Crippen LogP contribution in [0, 0.1) is 5.82 Å². The van der Waals surface area contributed by atoms with Crippen LogP contribution in [0.15, 0.2) is 65.6 Å². The van der Waals surface area contributed by atoms with Gasteiger partial charge in [0.15, 0.2) is 0 Å². The van der Waals surface area contributed by atoms with Crippen molar-refractivity contribution in [2.75, 3.05) is 10.8 Å². The number of hydrogen-bond donors (Lipinski definition) is 1. The molecule has 0 amide bonds. The van der Waals surface area contributed by atoms with E-state index in [-0.39, 0.29) is 17.8 Å². The van der Waals surface area contributed by atoms with Crippen LogP contribution in [0.4, 0.5) is 36.4 Å². The van der Waals surface area contributed by atoms with Crippen molar-refractivity contribution in [2.24, 2.45) is 0 Å². The van der Waals surface area contributed by atoms with E-state index in [1.165, 1.54) is 12.1 Å². The highest BCUT2D eigenvalue weighted by Crippen LogP contribution is 2.38.